The number of nitrogens with one attached hydrogen (secondary N) is 2. The largest absolute Gasteiger partial charge is 0.377 e. The van der Waals surface area contributed by atoms with Crippen LogP contribution in [0.2, 0.25) is 0 Å². The summed E-state index contributed by atoms with van der Waals surface area (Å²) >= 11 is 0. The SMILES string of the molecule is CN=C(NCC1(N2CCCCC2)CCN(C)CC1)NC1C2CCOC2C1(C)C. The van der Waals surface area contributed by atoms with Crippen LogP contribution in [0.15, 0.2) is 4.99 Å². The molecular weight excluding hydrogens is 350 g/mol. The van der Waals surface area contributed by atoms with E-state index in [1.165, 1.54) is 64.7 Å². The third kappa shape index (κ3) is 3.68. The molecule has 4 aliphatic rings. The van der Waals surface area contributed by atoms with E-state index in [1.807, 2.05) is 7.05 Å². The highest BCUT2D eigenvalue weighted by Crippen LogP contribution is 2.52. The Balaban J connectivity index is 1.39. The minimum absolute atomic E-state index is 0.177. The topological polar surface area (TPSA) is 52.1 Å². The first-order valence-electron chi connectivity index (χ1n) is 11.5. The van der Waals surface area contributed by atoms with Crippen molar-refractivity contribution in [2.45, 2.75) is 70.1 Å². The maximum Gasteiger partial charge on any atom is 0.191 e. The third-order valence-electron chi connectivity index (χ3n) is 8.15. The summed E-state index contributed by atoms with van der Waals surface area (Å²) in [6, 6.07) is 0.453. The first-order valence-corrected chi connectivity index (χ1v) is 11.5. The van der Waals surface area contributed by atoms with Crippen molar-refractivity contribution in [2.75, 3.05) is 53.4 Å². The van der Waals surface area contributed by atoms with E-state index in [4.69, 9.17) is 4.74 Å². The summed E-state index contributed by atoms with van der Waals surface area (Å²) in [6.07, 6.45) is 8.18. The van der Waals surface area contributed by atoms with Gasteiger partial charge in [-0.05, 0) is 65.3 Å². The van der Waals surface area contributed by atoms with Gasteiger partial charge in [-0.2, -0.15) is 0 Å². The number of guanidine groups is 1. The van der Waals surface area contributed by atoms with Gasteiger partial charge in [-0.15, -0.1) is 0 Å². The highest BCUT2D eigenvalue weighted by atomic mass is 16.5. The van der Waals surface area contributed by atoms with E-state index in [-0.39, 0.29) is 11.0 Å². The summed E-state index contributed by atoms with van der Waals surface area (Å²) in [5.41, 5.74) is 0.454. The van der Waals surface area contributed by atoms with Gasteiger partial charge in [0.15, 0.2) is 5.96 Å². The number of likely N-dealkylation sites (tertiary alicyclic amines) is 2. The molecule has 160 valence electrons. The highest BCUT2D eigenvalue weighted by molar-refractivity contribution is 5.80. The normalized spacial score (nSPS) is 35.9. The van der Waals surface area contributed by atoms with Crippen molar-refractivity contribution in [3.8, 4) is 0 Å². The van der Waals surface area contributed by atoms with Crippen molar-refractivity contribution in [1.29, 1.82) is 0 Å². The maximum atomic E-state index is 5.96. The molecule has 3 unspecified atom stereocenters. The zero-order valence-electron chi connectivity index (χ0n) is 18.5. The number of hydrogen-bond acceptors (Lipinski definition) is 4. The average Bonchev–Trinajstić information content (AvgIpc) is 3.17. The fourth-order valence-electron chi connectivity index (χ4n) is 6.22. The minimum Gasteiger partial charge on any atom is -0.377 e. The molecule has 4 fully saturated rings. The second kappa shape index (κ2) is 8.11. The quantitative estimate of drug-likeness (QED) is 0.566. The molecule has 3 atom stereocenters. The van der Waals surface area contributed by atoms with Gasteiger partial charge >= 0.3 is 0 Å². The van der Waals surface area contributed by atoms with Crippen LogP contribution in [0.25, 0.3) is 0 Å². The summed E-state index contributed by atoms with van der Waals surface area (Å²) < 4.78 is 5.96. The highest BCUT2D eigenvalue weighted by Gasteiger charge is 2.59. The fourth-order valence-corrected chi connectivity index (χ4v) is 6.22. The van der Waals surface area contributed by atoms with Gasteiger partial charge < -0.3 is 20.3 Å². The summed E-state index contributed by atoms with van der Waals surface area (Å²) in [5, 5.41) is 7.51. The Kier molecular flexibility index (Phi) is 5.92. The minimum atomic E-state index is 0.177. The third-order valence-corrected chi connectivity index (χ3v) is 8.15. The molecule has 0 amide bonds. The van der Waals surface area contributed by atoms with Crippen LogP contribution in [0.3, 0.4) is 0 Å². The van der Waals surface area contributed by atoms with Gasteiger partial charge in [0.2, 0.25) is 0 Å². The molecule has 3 aliphatic heterocycles. The lowest BCUT2D eigenvalue weighted by Gasteiger charge is -2.55. The Hall–Kier alpha value is -0.850. The molecule has 0 aromatic carbocycles. The van der Waals surface area contributed by atoms with Crippen molar-refractivity contribution in [3.05, 3.63) is 0 Å². The molecule has 3 heterocycles. The zero-order chi connectivity index (χ0) is 19.8. The van der Waals surface area contributed by atoms with Crippen LogP contribution in [0, 0.1) is 11.3 Å². The van der Waals surface area contributed by atoms with Crippen LogP contribution in [-0.2, 0) is 4.74 Å². The molecule has 0 spiro atoms. The van der Waals surface area contributed by atoms with Crippen LogP contribution in [0.1, 0.15) is 52.4 Å². The van der Waals surface area contributed by atoms with E-state index in [0.29, 0.717) is 18.1 Å². The molecule has 4 rings (SSSR count). The molecule has 28 heavy (non-hydrogen) atoms. The van der Waals surface area contributed by atoms with Crippen LogP contribution in [0.4, 0.5) is 0 Å². The molecule has 0 bridgehead atoms. The van der Waals surface area contributed by atoms with Crippen LogP contribution in [-0.4, -0.2) is 86.9 Å². The Morgan fingerprint density at radius 3 is 2.50 bits per heavy atom. The van der Waals surface area contributed by atoms with Gasteiger partial charge in [0.25, 0.3) is 0 Å². The van der Waals surface area contributed by atoms with E-state index in [0.717, 1.165) is 19.1 Å². The first-order chi connectivity index (χ1) is 13.5. The molecule has 2 N–H and O–H groups in total. The second-order valence-electron chi connectivity index (χ2n) is 10.2. The Morgan fingerprint density at radius 1 is 1.11 bits per heavy atom. The fraction of sp³-hybridized carbons (Fsp3) is 0.955. The van der Waals surface area contributed by atoms with E-state index in [9.17, 15) is 0 Å². The van der Waals surface area contributed by atoms with Gasteiger partial charge in [-0.3, -0.25) is 9.89 Å². The molecule has 1 aliphatic carbocycles. The van der Waals surface area contributed by atoms with Crippen LogP contribution >= 0.6 is 0 Å². The molecule has 3 saturated heterocycles. The van der Waals surface area contributed by atoms with E-state index in [2.05, 4.69) is 46.3 Å². The van der Waals surface area contributed by atoms with Gasteiger partial charge in [0, 0.05) is 43.1 Å². The smallest absolute Gasteiger partial charge is 0.191 e. The summed E-state index contributed by atoms with van der Waals surface area (Å²) in [5.74, 6) is 1.60. The molecular formula is C22H41N5O. The number of fused-ring (bicyclic) bond motifs is 1. The lowest BCUT2D eigenvalue weighted by Crippen LogP contribution is -2.69. The zero-order valence-corrected chi connectivity index (χ0v) is 18.5. The molecule has 6 heteroatoms. The molecule has 0 aromatic rings. The second-order valence-corrected chi connectivity index (χ2v) is 10.2. The molecule has 6 nitrogen and oxygen atoms in total. The Bertz CT molecular complexity index is 563. The molecule has 1 saturated carbocycles. The standard InChI is InChI=1S/C22H41N5O/c1-21(2)18(17-8-15-28-19(17)21)25-20(23-3)24-16-22(9-13-26(4)14-10-22)27-11-6-5-7-12-27/h17-19H,5-16H2,1-4H3,(H2,23,24,25). The average molecular weight is 392 g/mol. The predicted octanol–water partition coefficient (Wildman–Crippen LogP) is 1.92. The van der Waals surface area contributed by atoms with Gasteiger partial charge in [-0.1, -0.05) is 20.3 Å². The van der Waals surface area contributed by atoms with Crippen molar-refractivity contribution in [1.82, 2.24) is 20.4 Å². The van der Waals surface area contributed by atoms with Crippen molar-refractivity contribution < 1.29 is 4.74 Å². The number of rotatable bonds is 4. The number of ether oxygens (including phenoxy) is 1. The monoisotopic (exact) mass is 391 g/mol. The van der Waals surface area contributed by atoms with Crippen LogP contribution < -0.4 is 10.6 Å². The summed E-state index contributed by atoms with van der Waals surface area (Å²) in [4.78, 5) is 9.86. The number of aliphatic imine (C=N–C) groups is 1. The number of nitrogens with zero attached hydrogens (tertiary/aromatic N) is 3. The molecule has 0 aromatic heterocycles. The number of piperidine rings is 2. The Morgan fingerprint density at radius 2 is 1.82 bits per heavy atom. The van der Waals surface area contributed by atoms with Crippen molar-refractivity contribution >= 4 is 5.96 Å². The van der Waals surface area contributed by atoms with E-state index < -0.39 is 0 Å². The van der Waals surface area contributed by atoms with E-state index in [1.54, 1.807) is 0 Å². The van der Waals surface area contributed by atoms with Crippen molar-refractivity contribution in [2.24, 2.45) is 16.3 Å². The van der Waals surface area contributed by atoms with Gasteiger partial charge in [0.05, 0.1) is 6.10 Å². The summed E-state index contributed by atoms with van der Waals surface area (Å²) in [6.45, 7) is 11.5. The maximum absolute atomic E-state index is 5.96. The lowest BCUT2D eigenvalue weighted by molar-refractivity contribution is -0.106. The predicted molar refractivity (Wildman–Crippen MR) is 115 cm³/mol. The molecule has 0 radical (unpaired) electrons. The van der Waals surface area contributed by atoms with Crippen molar-refractivity contribution in [3.63, 3.8) is 0 Å². The Labute approximate surface area is 171 Å². The van der Waals surface area contributed by atoms with Gasteiger partial charge in [-0.25, -0.2) is 0 Å². The number of hydrogen-bond donors (Lipinski definition) is 2. The van der Waals surface area contributed by atoms with E-state index >= 15 is 0 Å². The first kappa shape index (κ1) is 20.4. The summed E-state index contributed by atoms with van der Waals surface area (Å²) in [7, 11) is 4.17. The lowest BCUT2D eigenvalue weighted by atomic mass is 9.57. The van der Waals surface area contributed by atoms with Gasteiger partial charge in [0.1, 0.15) is 0 Å². The van der Waals surface area contributed by atoms with Crippen LogP contribution in [0.5, 0.6) is 0 Å².